The normalized spacial score (nSPS) is 19.0. The van der Waals surface area contributed by atoms with Crippen molar-refractivity contribution in [2.24, 2.45) is 5.92 Å². The van der Waals surface area contributed by atoms with Crippen LogP contribution in [0.5, 0.6) is 0 Å². The van der Waals surface area contributed by atoms with E-state index >= 15 is 0 Å². The summed E-state index contributed by atoms with van der Waals surface area (Å²) < 4.78 is 0. The summed E-state index contributed by atoms with van der Waals surface area (Å²) in [4.78, 5) is 4.36. The zero-order chi connectivity index (χ0) is 9.97. The van der Waals surface area contributed by atoms with E-state index in [4.69, 9.17) is 11.6 Å². The van der Waals surface area contributed by atoms with E-state index in [9.17, 15) is 0 Å². The van der Waals surface area contributed by atoms with Crippen LogP contribution in [-0.2, 0) is 0 Å². The monoisotopic (exact) mass is 210 g/mol. The quantitative estimate of drug-likeness (QED) is 0.830. The predicted octanol–water partition coefficient (Wildman–Crippen LogP) is 2.80. The van der Waals surface area contributed by atoms with Gasteiger partial charge in [0.15, 0.2) is 0 Å². The lowest BCUT2D eigenvalue weighted by Gasteiger charge is -2.33. The first-order chi connectivity index (χ1) is 6.83. The van der Waals surface area contributed by atoms with Gasteiger partial charge >= 0.3 is 0 Å². The number of hydrogen-bond donors (Lipinski definition) is 1. The van der Waals surface area contributed by atoms with Gasteiger partial charge in [-0.2, -0.15) is 0 Å². The van der Waals surface area contributed by atoms with Crippen LogP contribution < -0.4 is 5.32 Å². The molecule has 0 saturated heterocycles. The summed E-state index contributed by atoms with van der Waals surface area (Å²) in [6.45, 7) is 0. The highest BCUT2D eigenvalue weighted by molar-refractivity contribution is 6.31. The van der Waals surface area contributed by atoms with Crippen LogP contribution in [0.2, 0.25) is 5.02 Å². The van der Waals surface area contributed by atoms with E-state index in [1.165, 1.54) is 19.3 Å². The lowest BCUT2D eigenvalue weighted by molar-refractivity contribution is 0.236. The Hall–Kier alpha value is -0.600. The molecule has 1 aromatic rings. The number of hydrogen-bond acceptors (Lipinski definition) is 2. The van der Waals surface area contributed by atoms with Crippen molar-refractivity contribution >= 4 is 11.6 Å². The molecule has 76 valence electrons. The topological polar surface area (TPSA) is 24.9 Å². The second-order valence-corrected chi connectivity index (χ2v) is 4.23. The van der Waals surface area contributed by atoms with E-state index in [-0.39, 0.29) is 0 Å². The molecule has 1 fully saturated rings. The largest absolute Gasteiger partial charge is 0.311 e. The van der Waals surface area contributed by atoms with Crippen LogP contribution in [-0.4, -0.2) is 12.0 Å². The van der Waals surface area contributed by atoms with E-state index in [2.05, 4.69) is 10.3 Å². The van der Waals surface area contributed by atoms with Crippen LogP contribution in [0.4, 0.5) is 0 Å². The molecule has 1 heterocycles. The highest BCUT2D eigenvalue weighted by Crippen LogP contribution is 2.38. The molecular formula is C11H15ClN2. The van der Waals surface area contributed by atoms with Crippen molar-refractivity contribution in [1.29, 1.82) is 0 Å². The standard InChI is InChI=1S/C11H15ClN2/c1-13-10(8-4-2-5-8)11-9(12)6-3-7-14-11/h3,6-8,10,13H,2,4-5H2,1H3. The van der Waals surface area contributed by atoms with Crippen molar-refractivity contribution in [1.82, 2.24) is 10.3 Å². The molecule has 1 aromatic heterocycles. The van der Waals surface area contributed by atoms with E-state index in [0.29, 0.717) is 12.0 Å². The molecule has 1 unspecified atom stereocenters. The second-order valence-electron chi connectivity index (χ2n) is 3.83. The van der Waals surface area contributed by atoms with Crippen LogP contribution in [0.3, 0.4) is 0 Å². The van der Waals surface area contributed by atoms with E-state index in [0.717, 1.165) is 10.7 Å². The van der Waals surface area contributed by atoms with Crippen LogP contribution >= 0.6 is 11.6 Å². The fourth-order valence-corrected chi connectivity index (χ4v) is 2.23. The van der Waals surface area contributed by atoms with Crippen molar-refractivity contribution in [3.8, 4) is 0 Å². The van der Waals surface area contributed by atoms with Gasteiger partial charge in [-0.3, -0.25) is 4.98 Å². The third-order valence-electron chi connectivity index (χ3n) is 3.01. The Labute approximate surface area is 89.7 Å². The second kappa shape index (κ2) is 4.28. The lowest BCUT2D eigenvalue weighted by atomic mass is 9.78. The Morgan fingerprint density at radius 3 is 2.86 bits per heavy atom. The zero-order valence-electron chi connectivity index (χ0n) is 8.33. The van der Waals surface area contributed by atoms with Gasteiger partial charge in [-0.15, -0.1) is 0 Å². The fourth-order valence-electron chi connectivity index (χ4n) is 2.00. The van der Waals surface area contributed by atoms with Crippen LogP contribution in [0.25, 0.3) is 0 Å². The van der Waals surface area contributed by atoms with Crippen molar-refractivity contribution in [2.45, 2.75) is 25.3 Å². The highest BCUT2D eigenvalue weighted by Gasteiger charge is 2.29. The minimum atomic E-state index is 0.331. The molecule has 1 aliphatic carbocycles. The molecule has 1 N–H and O–H groups in total. The summed E-state index contributed by atoms with van der Waals surface area (Å²) in [7, 11) is 1.98. The zero-order valence-corrected chi connectivity index (χ0v) is 9.09. The first kappa shape index (κ1) is 9.94. The van der Waals surface area contributed by atoms with Gasteiger partial charge in [0.05, 0.1) is 16.8 Å². The molecule has 0 aromatic carbocycles. The van der Waals surface area contributed by atoms with Crippen LogP contribution in [0.15, 0.2) is 18.3 Å². The summed E-state index contributed by atoms with van der Waals surface area (Å²) in [5.74, 6) is 0.715. The molecule has 1 aliphatic rings. The number of nitrogens with zero attached hydrogens (tertiary/aromatic N) is 1. The maximum absolute atomic E-state index is 6.12. The number of halogens is 1. The smallest absolute Gasteiger partial charge is 0.0761 e. The predicted molar refractivity (Wildman–Crippen MR) is 58.4 cm³/mol. The third kappa shape index (κ3) is 1.77. The van der Waals surface area contributed by atoms with Crippen molar-refractivity contribution in [2.75, 3.05) is 7.05 Å². The Morgan fingerprint density at radius 1 is 1.57 bits per heavy atom. The fraction of sp³-hybridized carbons (Fsp3) is 0.545. The van der Waals surface area contributed by atoms with Crippen molar-refractivity contribution in [3.05, 3.63) is 29.0 Å². The van der Waals surface area contributed by atoms with Gasteiger partial charge in [0.25, 0.3) is 0 Å². The van der Waals surface area contributed by atoms with Gasteiger partial charge < -0.3 is 5.32 Å². The van der Waals surface area contributed by atoms with Crippen molar-refractivity contribution in [3.63, 3.8) is 0 Å². The molecule has 1 saturated carbocycles. The molecule has 0 radical (unpaired) electrons. The molecule has 1 atom stereocenters. The molecule has 14 heavy (non-hydrogen) atoms. The molecule has 3 heteroatoms. The molecular weight excluding hydrogens is 196 g/mol. The van der Waals surface area contributed by atoms with Gasteiger partial charge in [-0.1, -0.05) is 18.0 Å². The van der Waals surface area contributed by atoms with Crippen LogP contribution in [0.1, 0.15) is 31.0 Å². The van der Waals surface area contributed by atoms with E-state index in [1.807, 2.05) is 25.4 Å². The van der Waals surface area contributed by atoms with Gasteiger partial charge in [0.2, 0.25) is 0 Å². The number of nitrogens with one attached hydrogen (secondary N) is 1. The summed E-state index contributed by atoms with van der Waals surface area (Å²) in [5.41, 5.74) is 1.00. The Bertz CT molecular complexity index is 310. The summed E-state index contributed by atoms with van der Waals surface area (Å²) in [5, 5.41) is 4.09. The average Bonchev–Trinajstić information content (AvgIpc) is 2.12. The Kier molecular flexibility index (Phi) is 3.04. The number of aromatic nitrogens is 1. The third-order valence-corrected chi connectivity index (χ3v) is 3.33. The molecule has 0 amide bonds. The van der Waals surface area contributed by atoms with Gasteiger partial charge in [0, 0.05) is 6.20 Å². The minimum Gasteiger partial charge on any atom is -0.311 e. The first-order valence-electron chi connectivity index (χ1n) is 5.10. The van der Waals surface area contributed by atoms with Gasteiger partial charge in [-0.05, 0) is 37.9 Å². The molecule has 0 aliphatic heterocycles. The average molecular weight is 211 g/mol. The molecule has 2 nitrogen and oxygen atoms in total. The van der Waals surface area contributed by atoms with E-state index in [1.54, 1.807) is 0 Å². The first-order valence-corrected chi connectivity index (χ1v) is 5.48. The summed E-state index contributed by atoms with van der Waals surface area (Å²) in [6, 6.07) is 4.11. The Morgan fingerprint density at radius 2 is 2.36 bits per heavy atom. The minimum absolute atomic E-state index is 0.331. The van der Waals surface area contributed by atoms with Gasteiger partial charge in [-0.25, -0.2) is 0 Å². The summed E-state index contributed by atoms with van der Waals surface area (Å²) >= 11 is 6.12. The highest BCUT2D eigenvalue weighted by atomic mass is 35.5. The van der Waals surface area contributed by atoms with Crippen LogP contribution in [0, 0.1) is 5.92 Å². The molecule has 2 rings (SSSR count). The number of rotatable bonds is 3. The van der Waals surface area contributed by atoms with E-state index < -0.39 is 0 Å². The SMILES string of the molecule is CNC(c1ncccc1Cl)C1CCC1. The lowest BCUT2D eigenvalue weighted by Crippen LogP contribution is -2.30. The summed E-state index contributed by atoms with van der Waals surface area (Å²) in [6.07, 6.45) is 5.73. The number of pyridine rings is 1. The molecule has 0 bridgehead atoms. The van der Waals surface area contributed by atoms with Crippen molar-refractivity contribution < 1.29 is 0 Å². The molecule has 0 spiro atoms. The van der Waals surface area contributed by atoms with Gasteiger partial charge in [0.1, 0.15) is 0 Å². The maximum Gasteiger partial charge on any atom is 0.0761 e. The Balaban J connectivity index is 2.22. The maximum atomic E-state index is 6.12.